The highest BCUT2D eigenvalue weighted by Gasteiger charge is 2.15. The molecule has 1 heterocycles. The van der Waals surface area contributed by atoms with Crippen molar-refractivity contribution >= 4 is 31.6 Å². The third kappa shape index (κ3) is 5.31. The van der Waals surface area contributed by atoms with E-state index in [1.165, 1.54) is 11.8 Å². The van der Waals surface area contributed by atoms with Crippen LogP contribution in [0.15, 0.2) is 35.6 Å². The van der Waals surface area contributed by atoms with Gasteiger partial charge in [0.2, 0.25) is 0 Å². The van der Waals surface area contributed by atoms with E-state index in [2.05, 4.69) is 34.9 Å². The summed E-state index contributed by atoms with van der Waals surface area (Å²) in [5.74, 6) is 0.632. The third-order valence-corrected chi connectivity index (χ3v) is 4.70. The zero-order valence-corrected chi connectivity index (χ0v) is 15.8. The number of hydrogen-bond donors (Lipinski definition) is 2. The molecule has 2 aromatic rings. The molecule has 0 aliphatic rings. The number of anilines is 2. The van der Waals surface area contributed by atoms with Crippen LogP contribution in [0.25, 0.3) is 0 Å². The molecule has 2 N–H and O–H groups in total. The molecule has 124 valence electrons. The van der Waals surface area contributed by atoms with Gasteiger partial charge >= 0.3 is 0 Å². The summed E-state index contributed by atoms with van der Waals surface area (Å²) in [4.78, 5) is 8.65. The summed E-state index contributed by atoms with van der Waals surface area (Å²) in [6, 6.07) is 7.99. The summed E-state index contributed by atoms with van der Waals surface area (Å²) in [6.07, 6.45) is 3.58. The predicted molar refractivity (Wildman–Crippen MR) is 97.6 cm³/mol. The fourth-order valence-electron chi connectivity index (χ4n) is 1.90. The number of aromatic nitrogens is 2. The largest absolute Gasteiger partial charge is 0.413 e. The van der Waals surface area contributed by atoms with Gasteiger partial charge in [-0.05, 0) is 37.5 Å². The average molecular weight is 350 g/mol. The number of benzene rings is 1. The van der Waals surface area contributed by atoms with Gasteiger partial charge in [0.25, 0.3) is 0 Å². The van der Waals surface area contributed by atoms with Gasteiger partial charge < -0.3 is 14.8 Å². The maximum atomic E-state index is 9.49. The molecule has 1 aromatic heterocycles. The number of hydrogen-bond acceptors (Lipinski definition) is 6. The Labute approximate surface area is 142 Å². The monoisotopic (exact) mass is 349 g/mol. The van der Waals surface area contributed by atoms with Crippen LogP contribution in [0.5, 0.6) is 0 Å². The molecule has 0 unspecified atom stereocenters. The van der Waals surface area contributed by atoms with E-state index >= 15 is 0 Å². The van der Waals surface area contributed by atoms with Gasteiger partial charge in [-0.3, -0.25) is 0 Å². The fourth-order valence-corrected chi connectivity index (χ4v) is 2.83. The lowest BCUT2D eigenvalue weighted by atomic mass is 10.2. The molecule has 0 bridgehead atoms. The van der Waals surface area contributed by atoms with Crippen molar-refractivity contribution in [1.29, 1.82) is 0 Å². The molecule has 0 aliphatic carbocycles. The Kier molecular flexibility index (Phi) is 6.17. The van der Waals surface area contributed by atoms with E-state index in [0.717, 1.165) is 11.3 Å². The molecule has 0 radical (unpaired) electrons. The van der Waals surface area contributed by atoms with Crippen molar-refractivity contribution in [2.45, 2.75) is 38.0 Å². The standard InChI is InChI=1S/C16H23N3O2SSi/c1-22-16-17-9-13(10-20)15(19-16)18-14-8-6-5-7-12(14)11-21-23(2,3)4/h5-9,20H,10-11H2,1-4H3,(H,17,18,19). The third-order valence-electron chi connectivity index (χ3n) is 3.13. The summed E-state index contributed by atoms with van der Waals surface area (Å²) < 4.78 is 6.01. The molecule has 5 nitrogen and oxygen atoms in total. The molecule has 7 heteroatoms. The second-order valence-electron chi connectivity index (χ2n) is 6.07. The lowest BCUT2D eigenvalue weighted by molar-refractivity contribution is 0.281. The maximum Gasteiger partial charge on any atom is 0.189 e. The van der Waals surface area contributed by atoms with Crippen molar-refractivity contribution in [3.05, 3.63) is 41.6 Å². The van der Waals surface area contributed by atoms with E-state index in [4.69, 9.17) is 4.43 Å². The van der Waals surface area contributed by atoms with Crippen LogP contribution in [0, 0.1) is 0 Å². The van der Waals surface area contributed by atoms with Crippen LogP contribution in [0.1, 0.15) is 11.1 Å². The van der Waals surface area contributed by atoms with E-state index < -0.39 is 8.32 Å². The summed E-state index contributed by atoms with van der Waals surface area (Å²) >= 11 is 1.47. The van der Waals surface area contributed by atoms with Crippen LogP contribution in [-0.4, -0.2) is 29.6 Å². The minimum absolute atomic E-state index is 0.107. The van der Waals surface area contributed by atoms with Gasteiger partial charge in [0.05, 0.1) is 13.2 Å². The first kappa shape index (κ1) is 17.9. The van der Waals surface area contributed by atoms with Crippen LogP contribution in [0.4, 0.5) is 11.5 Å². The molecule has 0 saturated heterocycles. The fraction of sp³-hybridized carbons (Fsp3) is 0.375. The van der Waals surface area contributed by atoms with Crippen LogP contribution >= 0.6 is 11.8 Å². The van der Waals surface area contributed by atoms with Crippen molar-refractivity contribution in [3.63, 3.8) is 0 Å². The van der Waals surface area contributed by atoms with Crippen LogP contribution in [0.2, 0.25) is 19.6 Å². The molecule has 0 spiro atoms. The molecular weight excluding hydrogens is 326 g/mol. The molecule has 0 aliphatic heterocycles. The Morgan fingerprint density at radius 1 is 1.22 bits per heavy atom. The number of nitrogens with zero attached hydrogens (tertiary/aromatic N) is 2. The van der Waals surface area contributed by atoms with Gasteiger partial charge in [-0.2, -0.15) is 0 Å². The minimum atomic E-state index is -1.58. The topological polar surface area (TPSA) is 67.3 Å². The number of aliphatic hydroxyl groups is 1. The quantitative estimate of drug-likeness (QED) is 0.450. The number of nitrogens with one attached hydrogen (secondary N) is 1. The van der Waals surface area contributed by atoms with Gasteiger partial charge in [0.15, 0.2) is 13.5 Å². The van der Waals surface area contributed by atoms with Crippen molar-refractivity contribution < 1.29 is 9.53 Å². The normalized spacial score (nSPS) is 11.5. The van der Waals surface area contributed by atoms with Crippen LogP contribution < -0.4 is 5.32 Å². The Bertz CT molecular complexity index is 662. The zero-order chi connectivity index (χ0) is 16.9. The summed E-state index contributed by atoms with van der Waals surface area (Å²) in [7, 11) is -1.58. The first-order valence-corrected chi connectivity index (χ1v) is 12.1. The first-order valence-electron chi connectivity index (χ1n) is 7.42. The highest BCUT2D eigenvalue weighted by Crippen LogP contribution is 2.25. The molecule has 0 fully saturated rings. The molecule has 2 rings (SSSR count). The van der Waals surface area contributed by atoms with E-state index in [0.29, 0.717) is 23.1 Å². The van der Waals surface area contributed by atoms with Crippen molar-refractivity contribution in [3.8, 4) is 0 Å². The van der Waals surface area contributed by atoms with E-state index in [1.807, 2.05) is 30.5 Å². The van der Waals surface area contributed by atoms with E-state index in [-0.39, 0.29) is 6.61 Å². The smallest absolute Gasteiger partial charge is 0.189 e. The van der Waals surface area contributed by atoms with Gasteiger partial charge in [0.1, 0.15) is 5.82 Å². The predicted octanol–water partition coefficient (Wildman–Crippen LogP) is 3.79. The van der Waals surface area contributed by atoms with Gasteiger partial charge in [-0.25, -0.2) is 9.97 Å². The zero-order valence-electron chi connectivity index (χ0n) is 14.0. The Morgan fingerprint density at radius 3 is 2.61 bits per heavy atom. The Balaban J connectivity index is 2.26. The Morgan fingerprint density at radius 2 is 1.96 bits per heavy atom. The van der Waals surface area contributed by atoms with Crippen molar-refractivity contribution in [2.24, 2.45) is 0 Å². The SMILES string of the molecule is CSc1ncc(CO)c(Nc2ccccc2CO[Si](C)(C)C)n1. The number of thioether (sulfide) groups is 1. The van der Waals surface area contributed by atoms with Crippen LogP contribution in [0.3, 0.4) is 0 Å². The first-order chi connectivity index (χ1) is 10.9. The highest BCUT2D eigenvalue weighted by atomic mass is 32.2. The molecule has 1 aromatic carbocycles. The van der Waals surface area contributed by atoms with Gasteiger partial charge in [0, 0.05) is 17.4 Å². The van der Waals surface area contributed by atoms with Crippen LogP contribution in [-0.2, 0) is 17.6 Å². The second kappa shape index (κ2) is 7.92. The molecule has 0 saturated carbocycles. The number of aliphatic hydroxyl groups excluding tert-OH is 1. The molecular formula is C16H23N3O2SSi. The van der Waals surface area contributed by atoms with Crippen molar-refractivity contribution in [1.82, 2.24) is 9.97 Å². The minimum Gasteiger partial charge on any atom is -0.413 e. The van der Waals surface area contributed by atoms with Crippen molar-refractivity contribution in [2.75, 3.05) is 11.6 Å². The summed E-state index contributed by atoms with van der Waals surface area (Å²) in [5.41, 5.74) is 2.68. The highest BCUT2D eigenvalue weighted by molar-refractivity contribution is 7.98. The number of para-hydroxylation sites is 1. The van der Waals surface area contributed by atoms with Gasteiger partial charge in [-0.1, -0.05) is 30.0 Å². The molecule has 23 heavy (non-hydrogen) atoms. The molecule has 0 atom stereocenters. The number of rotatable bonds is 7. The lowest BCUT2D eigenvalue weighted by Gasteiger charge is -2.19. The average Bonchev–Trinajstić information content (AvgIpc) is 2.53. The second-order valence-corrected chi connectivity index (χ2v) is 11.4. The van der Waals surface area contributed by atoms with E-state index in [9.17, 15) is 5.11 Å². The summed E-state index contributed by atoms with van der Waals surface area (Å²) in [6.45, 7) is 6.96. The lowest BCUT2D eigenvalue weighted by Crippen LogP contribution is -2.25. The summed E-state index contributed by atoms with van der Waals surface area (Å²) in [5, 5.41) is 13.5. The maximum absolute atomic E-state index is 9.49. The van der Waals surface area contributed by atoms with E-state index in [1.54, 1.807) is 6.20 Å². The van der Waals surface area contributed by atoms with Gasteiger partial charge in [-0.15, -0.1) is 0 Å². The Hall–Kier alpha value is -1.41. The molecule has 0 amide bonds.